The van der Waals surface area contributed by atoms with Crippen LogP contribution in [-0.2, 0) is 20.8 Å². The van der Waals surface area contributed by atoms with Gasteiger partial charge in [-0.15, -0.1) is 0 Å². The standard InChI is InChI=1S/C42H47IN2O5/c1-7-49-35-20-28(19-30(43)40(35)50-25-36(48)44-29-15-13-26(2)14-16-29)37-38-31(21-41(3,4)23-33(38)46)45(18-17-27-11-9-8-10-12-27)32-22-42(5,6)24-34(47)39(32)37/h8-16,19-20,37H,7,17-18,21-25H2,1-6H3,(H,44,48). The predicted molar refractivity (Wildman–Crippen MR) is 205 cm³/mol. The number of nitrogens with zero attached hydrogens (tertiary/aromatic N) is 1. The Kier molecular flexibility index (Phi) is 10.3. The highest BCUT2D eigenvalue weighted by atomic mass is 127. The fourth-order valence-electron chi connectivity index (χ4n) is 7.67. The third-order valence-corrected chi connectivity index (χ3v) is 10.6. The summed E-state index contributed by atoms with van der Waals surface area (Å²) in [5.74, 6) is 0.348. The number of Topliss-reactive ketones (excluding diaryl/α,β-unsaturated/α-hetero) is 2. The lowest BCUT2D eigenvalue weighted by atomic mass is 9.63. The molecule has 0 radical (unpaired) electrons. The lowest BCUT2D eigenvalue weighted by Gasteiger charge is -2.49. The molecule has 262 valence electrons. The molecule has 0 aromatic heterocycles. The van der Waals surface area contributed by atoms with Gasteiger partial charge in [-0.2, -0.15) is 0 Å². The van der Waals surface area contributed by atoms with Crippen LogP contribution in [0.4, 0.5) is 5.69 Å². The van der Waals surface area contributed by atoms with Crippen molar-refractivity contribution in [3.8, 4) is 11.5 Å². The molecule has 0 fully saturated rings. The van der Waals surface area contributed by atoms with Gasteiger partial charge in [0.1, 0.15) is 0 Å². The van der Waals surface area contributed by atoms with E-state index in [1.165, 1.54) is 5.56 Å². The number of ether oxygens (including phenoxy) is 2. The van der Waals surface area contributed by atoms with Crippen LogP contribution >= 0.6 is 22.6 Å². The molecule has 0 atom stereocenters. The number of halogens is 1. The molecule has 0 saturated heterocycles. The van der Waals surface area contributed by atoms with Crippen molar-refractivity contribution in [1.29, 1.82) is 0 Å². The van der Waals surface area contributed by atoms with Crippen LogP contribution in [-0.4, -0.2) is 42.1 Å². The van der Waals surface area contributed by atoms with Gasteiger partial charge in [0.05, 0.1) is 10.2 Å². The normalized spacial score (nSPS) is 18.5. The van der Waals surface area contributed by atoms with Crippen LogP contribution in [0.5, 0.6) is 11.5 Å². The van der Waals surface area contributed by atoms with Crippen molar-refractivity contribution in [3.05, 3.63) is 110 Å². The predicted octanol–water partition coefficient (Wildman–Crippen LogP) is 8.94. The van der Waals surface area contributed by atoms with Crippen molar-refractivity contribution in [3.63, 3.8) is 0 Å². The summed E-state index contributed by atoms with van der Waals surface area (Å²) in [7, 11) is 0. The summed E-state index contributed by atoms with van der Waals surface area (Å²) in [4.78, 5) is 43.9. The molecule has 8 heteroatoms. The summed E-state index contributed by atoms with van der Waals surface area (Å²) in [5.41, 5.74) is 6.98. The van der Waals surface area contributed by atoms with Crippen molar-refractivity contribution >= 4 is 45.8 Å². The fourth-order valence-corrected chi connectivity index (χ4v) is 8.45. The molecule has 1 heterocycles. The number of ketones is 2. The number of amides is 1. The minimum atomic E-state index is -0.508. The van der Waals surface area contributed by atoms with E-state index in [0.717, 1.165) is 56.5 Å². The van der Waals surface area contributed by atoms with Gasteiger partial charge in [-0.1, -0.05) is 75.7 Å². The highest BCUT2D eigenvalue weighted by Crippen LogP contribution is 2.55. The first-order valence-electron chi connectivity index (χ1n) is 17.5. The smallest absolute Gasteiger partial charge is 0.262 e. The number of hydrogen-bond donors (Lipinski definition) is 1. The van der Waals surface area contributed by atoms with E-state index in [0.29, 0.717) is 43.2 Å². The van der Waals surface area contributed by atoms with Crippen LogP contribution in [0, 0.1) is 21.3 Å². The zero-order chi connectivity index (χ0) is 35.8. The van der Waals surface area contributed by atoms with Crippen molar-refractivity contribution in [1.82, 2.24) is 4.90 Å². The van der Waals surface area contributed by atoms with Gasteiger partial charge in [-0.05, 0) is 102 Å². The van der Waals surface area contributed by atoms with Crippen LogP contribution in [0.1, 0.15) is 82.9 Å². The third-order valence-electron chi connectivity index (χ3n) is 9.84. The Morgan fingerprint density at radius 2 is 1.46 bits per heavy atom. The van der Waals surface area contributed by atoms with Crippen molar-refractivity contribution in [2.75, 3.05) is 25.1 Å². The summed E-state index contributed by atoms with van der Waals surface area (Å²) >= 11 is 2.21. The molecule has 3 aromatic rings. The van der Waals surface area contributed by atoms with E-state index in [2.05, 4.69) is 84.8 Å². The molecule has 6 rings (SSSR count). The van der Waals surface area contributed by atoms with E-state index in [4.69, 9.17) is 9.47 Å². The third kappa shape index (κ3) is 7.70. The molecule has 1 amide bonds. The second kappa shape index (κ2) is 14.4. The Hall–Kier alpha value is -3.92. The van der Waals surface area contributed by atoms with Gasteiger partial charge in [0.15, 0.2) is 29.7 Å². The molecular formula is C42H47IN2O5. The second-order valence-electron chi connectivity index (χ2n) is 15.4. The Morgan fingerprint density at radius 3 is 2.04 bits per heavy atom. The number of carbonyl (C=O) groups excluding carboxylic acids is 3. The molecule has 3 aliphatic rings. The van der Waals surface area contributed by atoms with Crippen LogP contribution in [0.15, 0.2) is 89.3 Å². The minimum absolute atomic E-state index is 0.0937. The molecular weight excluding hydrogens is 739 g/mol. The molecule has 1 aliphatic heterocycles. The van der Waals surface area contributed by atoms with Gasteiger partial charge in [0.25, 0.3) is 5.91 Å². The Balaban J connectivity index is 1.41. The Labute approximate surface area is 309 Å². The van der Waals surface area contributed by atoms with Gasteiger partial charge in [-0.25, -0.2) is 0 Å². The van der Waals surface area contributed by atoms with Crippen LogP contribution < -0.4 is 14.8 Å². The maximum Gasteiger partial charge on any atom is 0.262 e. The number of aryl methyl sites for hydroxylation is 1. The summed E-state index contributed by atoms with van der Waals surface area (Å²) in [6.07, 6.45) is 3.14. The van der Waals surface area contributed by atoms with Gasteiger partial charge >= 0.3 is 0 Å². The highest BCUT2D eigenvalue weighted by Gasteiger charge is 2.49. The average molecular weight is 787 g/mol. The van der Waals surface area contributed by atoms with Gasteiger partial charge in [0.2, 0.25) is 0 Å². The maximum absolute atomic E-state index is 14.3. The lowest BCUT2D eigenvalue weighted by molar-refractivity contribution is -0.120. The molecule has 3 aromatic carbocycles. The maximum atomic E-state index is 14.3. The summed E-state index contributed by atoms with van der Waals surface area (Å²) in [6, 6.07) is 21.9. The summed E-state index contributed by atoms with van der Waals surface area (Å²) in [5, 5.41) is 2.88. The summed E-state index contributed by atoms with van der Waals surface area (Å²) < 4.78 is 13.0. The van der Waals surface area contributed by atoms with E-state index in [1.807, 2.05) is 56.3 Å². The van der Waals surface area contributed by atoms with Crippen molar-refractivity contribution in [2.24, 2.45) is 10.8 Å². The number of benzene rings is 3. The topological polar surface area (TPSA) is 84.9 Å². The number of allylic oxidation sites excluding steroid dienone is 4. The zero-order valence-corrected chi connectivity index (χ0v) is 32.1. The van der Waals surface area contributed by atoms with E-state index in [1.54, 1.807) is 0 Å². The SMILES string of the molecule is CCOc1cc(C2C3=C(CC(C)(C)CC3=O)N(CCc3ccccc3)C3=C2C(=O)CC(C)(C)C3)cc(I)c1OCC(=O)Nc1ccc(C)cc1. The first-order valence-corrected chi connectivity index (χ1v) is 18.6. The number of hydrogen-bond acceptors (Lipinski definition) is 6. The van der Waals surface area contributed by atoms with E-state index in [9.17, 15) is 14.4 Å². The molecule has 0 spiro atoms. The van der Waals surface area contributed by atoms with Crippen molar-refractivity contribution in [2.45, 2.75) is 79.6 Å². The quantitative estimate of drug-likeness (QED) is 0.207. The van der Waals surface area contributed by atoms with Crippen molar-refractivity contribution < 1.29 is 23.9 Å². The monoisotopic (exact) mass is 786 g/mol. The van der Waals surface area contributed by atoms with Crippen LogP contribution in [0.3, 0.4) is 0 Å². The summed E-state index contributed by atoms with van der Waals surface area (Å²) in [6.45, 7) is 13.4. The molecule has 0 unspecified atom stereocenters. The first-order chi connectivity index (χ1) is 23.7. The Bertz CT molecular complexity index is 1820. The number of anilines is 1. The first kappa shape index (κ1) is 35.9. The number of nitrogens with one attached hydrogen (secondary N) is 1. The molecule has 50 heavy (non-hydrogen) atoms. The average Bonchev–Trinajstić information content (AvgIpc) is 3.03. The number of carbonyl (C=O) groups is 3. The molecule has 0 bridgehead atoms. The molecule has 1 N–H and O–H groups in total. The highest BCUT2D eigenvalue weighted by molar-refractivity contribution is 14.1. The molecule has 7 nitrogen and oxygen atoms in total. The largest absolute Gasteiger partial charge is 0.490 e. The fraction of sp³-hybridized carbons (Fsp3) is 0.405. The van der Waals surface area contributed by atoms with Gasteiger partial charge in [0, 0.05) is 53.5 Å². The second-order valence-corrected chi connectivity index (χ2v) is 16.6. The van der Waals surface area contributed by atoms with Crippen LogP contribution in [0.25, 0.3) is 0 Å². The van der Waals surface area contributed by atoms with E-state index in [-0.39, 0.29) is 34.9 Å². The molecule has 0 saturated carbocycles. The van der Waals surface area contributed by atoms with Gasteiger partial charge < -0.3 is 19.7 Å². The Morgan fingerprint density at radius 1 is 0.860 bits per heavy atom. The van der Waals surface area contributed by atoms with E-state index >= 15 is 0 Å². The molecule has 2 aliphatic carbocycles. The number of rotatable bonds is 10. The lowest BCUT2D eigenvalue weighted by Crippen LogP contribution is -2.45. The van der Waals surface area contributed by atoms with Gasteiger partial charge in [-0.3, -0.25) is 14.4 Å². The zero-order valence-electron chi connectivity index (χ0n) is 30.0. The minimum Gasteiger partial charge on any atom is -0.490 e. The van der Waals surface area contributed by atoms with Crippen LogP contribution in [0.2, 0.25) is 0 Å². The van der Waals surface area contributed by atoms with E-state index < -0.39 is 5.92 Å².